The van der Waals surface area contributed by atoms with Gasteiger partial charge in [0, 0.05) is 16.1 Å². The van der Waals surface area contributed by atoms with Gasteiger partial charge in [-0.3, -0.25) is 0 Å². The standard InChI is InChI=1S/C14H19Cl2N/c1-3-5-6-7-14(17-4-2)12-10-11(15)8-9-13(12)16/h3,8-10,14,17H,1,4-7H2,2H3. The first kappa shape index (κ1) is 14.6. The van der Waals surface area contributed by atoms with Crippen LogP contribution in [0.2, 0.25) is 10.0 Å². The lowest BCUT2D eigenvalue weighted by Gasteiger charge is -2.19. The Morgan fingerprint density at radius 1 is 1.41 bits per heavy atom. The number of halogens is 2. The highest BCUT2D eigenvalue weighted by Gasteiger charge is 2.13. The van der Waals surface area contributed by atoms with Crippen LogP contribution in [0, 0.1) is 0 Å². The molecule has 1 rings (SSSR count). The number of benzene rings is 1. The SMILES string of the molecule is C=CCCCC(NCC)c1cc(Cl)ccc1Cl. The third-order valence-corrected chi connectivity index (χ3v) is 3.26. The van der Waals surface area contributed by atoms with E-state index in [0.29, 0.717) is 0 Å². The van der Waals surface area contributed by atoms with Crippen LogP contribution in [0.1, 0.15) is 37.8 Å². The molecule has 0 aliphatic rings. The van der Waals surface area contributed by atoms with Crippen molar-refractivity contribution in [2.45, 2.75) is 32.2 Å². The molecule has 0 aromatic heterocycles. The van der Waals surface area contributed by atoms with Crippen LogP contribution in [0.3, 0.4) is 0 Å². The molecule has 0 bridgehead atoms. The number of hydrogen-bond acceptors (Lipinski definition) is 1. The summed E-state index contributed by atoms with van der Waals surface area (Å²) in [6.07, 6.45) is 5.12. The van der Waals surface area contributed by atoms with E-state index in [1.54, 1.807) is 0 Å². The van der Waals surface area contributed by atoms with Crippen molar-refractivity contribution in [3.63, 3.8) is 0 Å². The molecular formula is C14H19Cl2N. The molecule has 1 aromatic rings. The van der Waals surface area contributed by atoms with E-state index >= 15 is 0 Å². The Hall–Kier alpha value is -0.500. The van der Waals surface area contributed by atoms with E-state index in [2.05, 4.69) is 18.8 Å². The summed E-state index contributed by atoms with van der Waals surface area (Å²) < 4.78 is 0. The van der Waals surface area contributed by atoms with Crippen molar-refractivity contribution in [2.24, 2.45) is 0 Å². The fourth-order valence-corrected chi connectivity index (χ4v) is 2.29. The molecule has 17 heavy (non-hydrogen) atoms. The lowest BCUT2D eigenvalue weighted by molar-refractivity contribution is 0.500. The molecule has 0 fully saturated rings. The van der Waals surface area contributed by atoms with Crippen molar-refractivity contribution >= 4 is 23.2 Å². The van der Waals surface area contributed by atoms with Crippen molar-refractivity contribution in [1.29, 1.82) is 0 Å². The van der Waals surface area contributed by atoms with E-state index < -0.39 is 0 Å². The van der Waals surface area contributed by atoms with Crippen LogP contribution in [0.15, 0.2) is 30.9 Å². The van der Waals surface area contributed by atoms with Crippen LogP contribution in [0.4, 0.5) is 0 Å². The Kier molecular flexibility index (Phi) is 6.64. The highest BCUT2D eigenvalue weighted by molar-refractivity contribution is 6.33. The molecule has 1 unspecified atom stereocenters. The molecule has 0 radical (unpaired) electrons. The quantitative estimate of drug-likeness (QED) is 0.544. The lowest BCUT2D eigenvalue weighted by Crippen LogP contribution is -2.21. The van der Waals surface area contributed by atoms with Crippen LogP contribution >= 0.6 is 23.2 Å². The van der Waals surface area contributed by atoms with Crippen molar-refractivity contribution in [3.8, 4) is 0 Å². The van der Waals surface area contributed by atoms with E-state index in [-0.39, 0.29) is 6.04 Å². The summed E-state index contributed by atoms with van der Waals surface area (Å²) in [5.74, 6) is 0. The van der Waals surface area contributed by atoms with Gasteiger partial charge < -0.3 is 5.32 Å². The number of hydrogen-bond donors (Lipinski definition) is 1. The average Bonchev–Trinajstić information content (AvgIpc) is 2.32. The molecule has 3 heteroatoms. The Morgan fingerprint density at radius 3 is 2.82 bits per heavy atom. The van der Waals surface area contributed by atoms with Gasteiger partial charge in [-0.25, -0.2) is 0 Å². The van der Waals surface area contributed by atoms with Gasteiger partial charge in [-0.2, -0.15) is 0 Å². The third-order valence-electron chi connectivity index (χ3n) is 2.69. The number of allylic oxidation sites excluding steroid dienone is 1. The van der Waals surface area contributed by atoms with Gasteiger partial charge in [0.05, 0.1) is 0 Å². The van der Waals surface area contributed by atoms with Gasteiger partial charge in [-0.05, 0) is 49.6 Å². The predicted molar refractivity (Wildman–Crippen MR) is 76.9 cm³/mol. The van der Waals surface area contributed by atoms with Gasteiger partial charge >= 0.3 is 0 Å². The molecule has 0 aliphatic carbocycles. The second-order valence-corrected chi connectivity index (χ2v) is 4.84. The van der Waals surface area contributed by atoms with E-state index in [0.717, 1.165) is 41.4 Å². The van der Waals surface area contributed by atoms with Gasteiger partial charge in [0.25, 0.3) is 0 Å². The van der Waals surface area contributed by atoms with Crippen molar-refractivity contribution in [1.82, 2.24) is 5.32 Å². The van der Waals surface area contributed by atoms with Crippen LogP contribution in [0.5, 0.6) is 0 Å². The first-order chi connectivity index (χ1) is 8.19. The Morgan fingerprint density at radius 2 is 2.18 bits per heavy atom. The number of rotatable bonds is 7. The van der Waals surface area contributed by atoms with Gasteiger partial charge in [0.15, 0.2) is 0 Å². The average molecular weight is 272 g/mol. The van der Waals surface area contributed by atoms with Gasteiger partial charge in [0.2, 0.25) is 0 Å². The maximum atomic E-state index is 6.22. The van der Waals surface area contributed by atoms with Crippen LogP contribution < -0.4 is 5.32 Å². The summed E-state index contributed by atoms with van der Waals surface area (Å²) in [4.78, 5) is 0. The first-order valence-electron chi connectivity index (χ1n) is 5.98. The second kappa shape index (κ2) is 7.75. The minimum atomic E-state index is 0.270. The Balaban J connectivity index is 2.80. The van der Waals surface area contributed by atoms with E-state index in [4.69, 9.17) is 23.2 Å². The largest absolute Gasteiger partial charge is 0.310 e. The van der Waals surface area contributed by atoms with Crippen LogP contribution in [-0.4, -0.2) is 6.54 Å². The molecule has 0 spiro atoms. The fraction of sp³-hybridized carbons (Fsp3) is 0.429. The smallest absolute Gasteiger partial charge is 0.0454 e. The molecule has 0 amide bonds. The van der Waals surface area contributed by atoms with Crippen molar-refractivity contribution in [2.75, 3.05) is 6.54 Å². The maximum Gasteiger partial charge on any atom is 0.0454 e. The molecule has 0 aliphatic heterocycles. The van der Waals surface area contributed by atoms with E-state index in [1.807, 2.05) is 24.3 Å². The lowest BCUT2D eigenvalue weighted by atomic mass is 10.0. The maximum absolute atomic E-state index is 6.22. The van der Waals surface area contributed by atoms with Gasteiger partial charge in [0.1, 0.15) is 0 Å². The topological polar surface area (TPSA) is 12.0 Å². The van der Waals surface area contributed by atoms with Crippen LogP contribution in [0.25, 0.3) is 0 Å². The molecular weight excluding hydrogens is 253 g/mol. The van der Waals surface area contributed by atoms with Crippen molar-refractivity contribution in [3.05, 3.63) is 46.5 Å². The summed E-state index contributed by atoms with van der Waals surface area (Å²) in [5, 5.41) is 4.96. The summed E-state index contributed by atoms with van der Waals surface area (Å²) in [6.45, 7) is 6.75. The molecule has 0 heterocycles. The van der Waals surface area contributed by atoms with E-state index in [1.165, 1.54) is 0 Å². The van der Waals surface area contributed by atoms with E-state index in [9.17, 15) is 0 Å². The minimum Gasteiger partial charge on any atom is -0.310 e. The van der Waals surface area contributed by atoms with Gasteiger partial charge in [-0.15, -0.1) is 6.58 Å². The summed E-state index contributed by atoms with van der Waals surface area (Å²) in [5.41, 5.74) is 1.09. The van der Waals surface area contributed by atoms with Gasteiger partial charge in [-0.1, -0.05) is 36.2 Å². The molecule has 1 atom stereocenters. The highest BCUT2D eigenvalue weighted by Crippen LogP contribution is 2.29. The molecule has 94 valence electrons. The zero-order valence-electron chi connectivity index (χ0n) is 10.2. The molecule has 1 aromatic carbocycles. The summed E-state index contributed by atoms with van der Waals surface area (Å²) >= 11 is 12.2. The summed E-state index contributed by atoms with van der Waals surface area (Å²) in [6, 6.07) is 5.90. The summed E-state index contributed by atoms with van der Waals surface area (Å²) in [7, 11) is 0. The molecule has 1 N–H and O–H groups in total. The molecule has 1 nitrogen and oxygen atoms in total. The van der Waals surface area contributed by atoms with Crippen LogP contribution in [-0.2, 0) is 0 Å². The first-order valence-corrected chi connectivity index (χ1v) is 6.73. The number of nitrogens with one attached hydrogen (secondary N) is 1. The monoisotopic (exact) mass is 271 g/mol. The zero-order valence-corrected chi connectivity index (χ0v) is 11.7. The normalized spacial score (nSPS) is 12.4. The molecule has 0 saturated heterocycles. The highest BCUT2D eigenvalue weighted by atomic mass is 35.5. The predicted octanol–water partition coefficient (Wildman–Crippen LogP) is 5.00. The Labute approximate surface area is 114 Å². The number of unbranched alkanes of at least 4 members (excludes halogenated alkanes) is 1. The Bertz CT molecular complexity index is 363. The van der Waals surface area contributed by atoms with Crippen molar-refractivity contribution < 1.29 is 0 Å². The third kappa shape index (κ3) is 4.71. The fourth-order valence-electron chi connectivity index (χ4n) is 1.86. The minimum absolute atomic E-state index is 0.270. The zero-order chi connectivity index (χ0) is 12.7. The molecule has 0 saturated carbocycles. The second-order valence-electron chi connectivity index (χ2n) is 4.00.